The number of hydrogen-bond donors (Lipinski definition) is 1. The van der Waals surface area contributed by atoms with Crippen molar-refractivity contribution >= 4 is 17.3 Å². The van der Waals surface area contributed by atoms with E-state index in [-0.39, 0.29) is 5.56 Å². The first-order chi connectivity index (χ1) is 10.5. The summed E-state index contributed by atoms with van der Waals surface area (Å²) >= 11 is 5.77. The Hall–Kier alpha value is -2.32. The van der Waals surface area contributed by atoms with E-state index >= 15 is 0 Å². The molecule has 0 aromatic heterocycles. The molecular formula is C16H13ClF2N2O. The Bertz CT molecular complexity index is 668. The van der Waals surface area contributed by atoms with Gasteiger partial charge in [-0.3, -0.25) is 0 Å². The maximum absolute atomic E-state index is 13.6. The van der Waals surface area contributed by atoms with E-state index in [0.29, 0.717) is 16.5 Å². The first kappa shape index (κ1) is 16.1. The summed E-state index contributed by atoms with van der Waals surface area (Å²) in [6.45, 7) is 0. The number of ether oxygens (including phenoxy) is 1. The van der Waals surface area contributed by atoms with Crippen molar-refractivity contribution in [3.63, 3.8) is 0 Å². The van der Waals surface area contributed by atoms with Crippen LogP contribution in [0.4, 0.5) is 14.5 Å². The van der Waals surface area contributed by atoms with Crippen LogP contribution in [0.3, 0.4) is 0 Å². The molecule has 0 radical (unpaired) electrons. The maximum Gasteiger partial charge on any atom is 0.278 e. The summed E-state index contributed by atoms with van der Waals surface area (Å²) in [7, 11) is 1.51. The second kappa shape index (κ2) is 6.63. The van der Waals surface area contributed by atoms with Gasteiger partial charge in [0.05, 0.1) is 7.11 Å². The molecule has 0 spiro atoms. The molecule has 0 aliphatic carbocycles. The van der Waals surface area contributed by atoms with Gasteiger partial charge in [0.15, 0.2) is 0 Å². The Morgan fingerprint density at radius 2 is 1.73 bits per heavy atom. The topological polar surface area (TPSA) is 45.0 Å². The Balaban J connectivity index is 2.41. The molecule has 0 amide bonds. The molecule has 1 unspecified atom stereocenters. The molecule has 1 atom stereocenters. The van der Waals surface area contributed by atoms with Crippen molar-refractivity contribution in [2.75, 3.05) is 12.4 Å². The van der Waals surface area contributed by atoms with Crippen molar-refractivity contribution in [2.24, 2.45) is 0 Å². The molecule has 0 fully saturated rings. The number of rotatable bonds is 5. The fraction of sp³-hybridized carbons (Fsp3) is 0.188. The zero-order chi connectivity index (χ0) is 16.2. The molecule has 114 valence electrons. The van der Waals surface area contributed by atoms with Crippen LogP contribution in [0.2, 0.25) is 5.02 Å². The number of hydrogen-bond acceptors (Lipinski definition) is 3. The van der Waals surface area contributed by atoms with Gasteiger partial charge in [-0.05, 0) is 42.0 Å². The quantitative estimate of drug-likeness (QED) is 0.884. The van der Waals surface area contributed by atoms with Gasteiger partial charge in [-0.2, -0.15) is 5.26 Å². The summed E-state index contributed by atoms with van der Waals surface area (Å²) in [5, 5.41) is 12.4. The van der Waals surface area contributed by atoms with Crippen molar-refractivity contribution < 1.29 is 13.5 Å². The van der Waals surface area contributed by atoms with E-state index in [0.717, 1.165) is 0 Å². The lowest BCUT2D eigenvalue weighted by Crippen LogP contribution is -2.41. The van der Waals surface area contributed by atoms with Crippen molar-refractivity contribution in [3.05, 3.63) is 59.1 Å². The molecule has 22 heavy (non-hydrogen) atoms. The molecule has 0 heterocycles. The second-order valence-corrected chi connectivity index (χ2v) is 5.02. The van der Waals surface area contributed by atoms with Crippen LogP contribution in [0.15, 0.2) is 48.5 Å². The van der Waals surface area contributed by atoms with Crippen LogP contribution >= 0.6 is 11.6 Å². The summed E-state index contributed by atoms with van der Waals surface area (Å²) in [6.07, 6.45) is -2.93. The minimum atomic E-state index is -2.93. The summed E-state index contributed by atoms with van der Waals surface area (Å²) in [5.41, 5.74) is -1.62. The van der Waals surface area contributed by atoms with E-state index in [1.807, 2.05) is 0 Å². The highest BCUT2D eigenvalue weighted by Gasteiger charge is 2.42. The molecule has 6 heteroatoms. The van der Waals surface area contributed by atoms with Crippen LogP contribution in [0.5, 0.6) is 5.75 Å². The lowest BCUT2D eigenvalue weighted by molar-refractivity contribution is 0.0928. The number of halogens is 3. The number of benzene rings is 2. The molecule has 1 N–H and O–H groups in total. The van der Waals surface area contributed by atoms with E-state index in [2.05, 4.69) is 5.32 Å². The minimum Gasteiger partial charge on any atom is -0.497 e. The molecule has 0 saturated heterocycles. The third-order valence-electron chi connectivity index (χ3n) is 3.23. The van der Waals surface area contributed by atoms with Gasteiger partial charge in [0.2, 0.25) is 5.54 Å². The van der Waals surface area contributed by atoms with Gasteiger partial charge in [0, 0.05) is 10.7 Å². The van der Waals surface area contributed by atoms with Crippen LogP contribution in [-0.2, 0) is 5.54 Å². The predicted molar refractivity (Wildman–Crippen MR) is 81.4 cm³/mol. The largest absolute Gasteiger partial charge is 0.497 e. The average molecular weight is 323 g/mol. The van der Waals surface area contributed by atoms with Crippen LogP contribution in [0, 0.1) is 11.3 Å². The first-order valence-corrected chi connectivity index (χ1v) is 6.77. The fourth-order valence-electron chi connectivity index (χ4n) is 2.01. The van der Waals surface area contributed by atoms with Gasteiger partial charge in [0.1, 0.15) is 11.8 Å². The summed E-state index contributed by atoms with van der Waals surface area (Å²) in [4.78, 5) is 0. The monoisotopic (exact) mass is 322 g/mol. The molecule has 3 nitrogen and oxygen atoms in total. The number of nitrogens with one attached hydrogen (secondary N) is 1. The zero-order valence-corrected chi connectivity index (χ0v) is 12.4. The van der Waals surface area contributed by atoms with Gasteiger partial charge in [-0.25, -0.2) is 8.78 Å². The van der Waals surface area contributed by atoms with Gasteiger partial charge >= 0.3 is 0 Å². The third-order valence-corrected chi connectivity index (χ3v) is 3.49. The van der Waals surface area contributed by atoms with Crippen molar-refractivity contribution in [1.29, 1.82) is 5.26 Å². The van der Waals surface area contributed by atoms with Gasteiger partial charge in [-0.15, -0.1) is 0 Å². The molecule has 0 bridgehead atoms. The standard InChI is InChI=1S/C16H13ClF2N2O/c1-22-14-8-6-13(7-9-14)21-16(10-20,15(18)19)11-2-4-12(17)5-3-11/h2-9,15,21H,1H3. The van der Waals surface area contributed by atoms with E-state index < -0.39 is 12.0 Å². The molecule has 2 aromatic rings. The number of alkyl halides is 2. The predicted octanol–water partition coefficient (Wildman–Crippen LogP) is 4.44. The van der Waals surface area contributed by atoms with E-state index in [1.54, 1.807) is 30.3 Å². The van der Waals surface area contributed by atoms with Crippen molar-refractivity contribution in [3.8, 4) is 11.8 Å². The lowest BCUT2D eigenvalue weighted by Gasteiger charge is -2.28. The first-order valence-electron chi connectivity index (χ1n) is 6.39. The Morgan fingerprint density at radius 3 is 2.18 bits per heavy atom. The normalized spacial score (nSPS) is 13.3. The fourth-order valence-corrected chi connectivity index (χ4v) is 2.13. The Morgan fingerprint density at radius 1 is 1.14 bits per heavy atom. The van der Waals surface area contributed by atoms with Crippen LogP contribution < -0.4 is 10.1 Å². The van der Waals surface area contributed by atoms with Gasteiger partial charge < -0.3 is 10.1 Å². The minimum absolute atomic E-state index is 0.144. The van der Waals surface area contributed by atoms with Crippen LogP contribution in [0.1, 0.15) is 5.56 Å². The van der Waals surface area contributed by atoms with Gasteiger partial charge in [-0.1, -0.05) is 23.7 Å². The molecule has 0 aliphatic heterocycles. The van der Waals surface area contributed by atoms with Crippen LogP contribution in [0.25, 0.3) is 0 Å². The highest BCUT2D eigenvalue weighted by Crippen LogP contribution is 2.33. The van der Waals surface area contributed by atoms with Crippen molar-refractivity contribution in [1.82, 2.24) is 0 Å². The highest BCUT2D eigenvalue weighted by atomic mass is 35.5. The Kier molecular flexibility index (Phi) is 4.84. The summed E-state index contributed by atoms with van der Waals surface area (Å²) in [6, 6.07) is 13.9. The SMILES string of the molecule is COc1ccc(NC(C#N)(c2ccc(Cl)cc2)C(F)F)cc1. The molecule has 0 aliphatic rings. The lowest BCUT2D eigenvalue weighted by atomic mass is 9.91. The van der Waals surface area contributed by atoms with Gasteiger partial charge in [0.25, 0.3) is 6.43 Å². The summed E-state index contributed by atoms with van der Waals surface area (Å²) < 4.78 is 32.3. The average Bonchev–Trinajstić information content (AvgIpc) is 2.54. The van der Waals surface area contributed by atoms with E-state index in [1.165, 1.54) is 31.4 Å². The number of nitriles is 1. The zero-order valence-electron chi connectivity index (χ0n) is 11.7. The number of nitrogens with zero attached hydrogens (tertiary/aromatic N) is 1. The molecular weight excluding hydrogens is 310 g/mol. The van der Waals surface area contributed by atoms with Crippen LogP contribution in [-0.4, -0.2) is 13.5 Å². The second-order valence-electron chi connectivity index (χ2n) is 4.58. The highest BCUT2D eigenvalue weighted by molar-refractivity contribution is 6.30. The smallest absolute Gasteiger partial charge is 0.278 e. The van der Waals surface area contributed by atoms with Crippen molar-refractivity contribution in [2.45, 2.75) is 12.0 Å². The molecule has 2 rings (SSSR count). The number of methoxy groups -OCH3 is 1. The molecule has 2 aromatic carbocycles. The maximum atomic E-state index is 13.6. The summed E-state index contributed by atoms with van der Waals surface area (Å²) in [5.74, 6) is 0.594. The third kappa shape index (κ3) is 3.12. The Labute approximate surface area is 132 Å². The number of anilines is 1. The van der Waals surface area contributed by atoms with E-state index in [9.17, 15) is 14.0 Å². The van der Waals surface area contributed by atoms with E-state index in [4.69, 9.17) is 16.3 Å². The molecule has 0 saturated carbocycles.